The lowest BCUT2D eigenvalue weighted by Gasteiger charge is -2.07. The number of fused-ring (bicyclic) bond motifs is 1. The van der Waals surface area contributed by atoms with Gasteiger partial charge in [-0.3, -0.25) is 4.55 Å². The van der Waals surface area contributed by atoms with Crippen LogP contribution in [-0.4, -0.2) is 23.8 Å². The summed E-state index contributed by atoms with van der Waals surface area (Å²) in [5.74, 6) is -0.476. The highest BCUT2D eigenvalue weighted by Crippen LogP contribution is 2.20. The third-order valence-corrected chi connectivity index (χ3v) is 3.63. The van der Waals surface area contributed by atoms with Crippen LogP contribution in [0.5, 0.6) is 0 Å². The molecule has 2 N–H and O–H groups in total. The molecular weight excluding hydrogens is 307 g/mol. The van der Waals surface area contributed by atoms with E-state index in [1.54, 1.807) is 12.1 Å². The first-order chi connectivity index (χ1) is 10.5. The van der Waals surface area contributed by atoms with Crippen LogP contribution in [0, 0.1) is 12.7 Å². The van der Waals surface area contributed by atoms with Gasteiger partial charge in [0.15, 0.2) is 0 Å². The van der Waals surface area contributed by atoms with Crippen LogP contribution in [0.25, 0.3) is 16.7 Å². The van der Waals surface area contributed by atoms with Gasteiger partial charge in [-0.05, 0) is 42.3 Å². The Hall–Kier alpha value is -2.16. The number of halogens is 1. The van der Waals surface area contributed by atoms with Crippen molar-refractivity contribution in [1.29, 1.82) is 0 Å². The first kappa shape index (κ1) is 14.8. The zero-order valence-electron chi connectivity index (χ0n) is 11.7. The Morgan fingerprint density at radius 3 is 2.86 bits per heavy atom. The molecule has 0 aliphatic rings. The van der Waals surface area contributed by atoms with Crippen molar-refractivity contribution in [2.75, 3.05) is 0 Å². The molecule has 8 heteroatoms. The van der Waals surface area contributed by atoms with Crippen molar-refractivity contribution in [3.05, 3.63) is 53.3 Å². The molecule has 1 aromatic heterocycles. The maximum Gasteiger partial charge on any atom is 0.232 e. The van der Waals surface area contributed by atoms with Crippen LogP contribution >= 0.6 is 0 Å². The van der Waals surface area contributed by atoms with Crippen LogP contribution in [-0.2, 0) is 17.8 Å². The van der Waals surface area contributed by atoms with Crippen LogP contribution in [0.2, 0.25) is 0 Å². The quantitative estimate of drug-likeness (QED) is 0.721. The fourth-order valence-electron chi connectivity index (χ4n) is 2.19. The smallest absolute Gasteiger partial charge is 0.232 e. The summed E-state index contributed by atoms with van der Waals surface area (Å²) < 4.78 is 37.3. The molecule has 22 heavy (non-hydrogen) atoms. The summed E-state index contributed by atoms with van der Waals surface area (Å²) in [7, 11) is 0. The zero-order valence-corrected chi connectivity index (χ0v) is 12.5. The van der Waals surface area contributed by atoms with Crippen LogP contribution in [0.3, 0.4) is 0 Å². The summed E-state index contributed by atoms with van der Waals surface area (Å²) in [5.41, 5.74) is 3.30. The molecule has 6 nitrogen and oxygen atoms in total. The van der Waals surface area contributed by atoms with Crippen LogP contribution in [0.4, 0.5) is 4.39 Å². The average Bonchev–Trinajstić information content (AvgIpc) is 2.88. The van der Waals surface area contributed by atoms with E-state index in [0.717, 1.165) is 5.56 Å². The number of nitrogens with one attached hydrogen (secondary N) is 1. The number of nitrogens with zero attached hydrogens (tertiary/aromatic N) is 3. The topological polar surface area (TPSA) is 80.0 Å². The molecule has 0 amide bonds. The minimum Gasteiger partial charge on any atom is -0.294 e. The molecule has 0 radical (unpaired) electrons. The van der Waals surface area contributed by atoms with E-state index in [1.807, 2.05) is 25.1 Å². The summed E-state index contributed by atoms with van der Waals surface area (Å²) in [5, 5.41) is 8.03. The molecule has 2 aromatic carbocycles. The van der Waals surface area contributed by atoms with E-state index in [2.05, 4.69) is 15.0 Å². The fourth-order valence-corrected chi connectivity index (χ4v) is 2.48. The molecule has 1 atom stereocenters. The van der Waals surface area contributed by atoms with Gasteiger partial charge in [-0.1, -0.05) is 17.3 Å². The predicted octanol–water partition coefficient (Wildman–Crippen LogP) is 2.09. The molecule has 1 unspecified atom stereocenters. The van der Waals surface area contributed by atoms with Crippen LogP contribution < -0.4 is 4.72 Å². The molecule has 0 fully saturated rings. The van der Waals surface area contributed by atoms with E-state index in [4.69, 9.17) is 4.55 Å². The predicted molar refractivity (Wildman–Crippen MR) is 81.2 cm³/mol. The highest BCUT2D eigenvalue weighted by molar-refractivity contribution is 7.77. The SMILES string of the molecule is Cc1ccc2c(c1)nnn2-c1ccc(CNS(=O)O)cc1F. The van der Waals surface area contributed by atoms with Gasteiger partial charge in [-0.15, -0.1) is 5.10 Å². The summed E-state index contributed by atoms with van der Waals surface area (Å²) in [6.45, 7) is 2.05. The van der Waals surface area contributed by atoms with Crippen LogP contribution in [0.15, 0.2) is 36.4 Å². The van der Waals surface area contributed by atoms with Gasteiger partial charge in [0, 0.05) is 6.54 Å². The fraction of sp³-hybridized carbons (Fsp3) is 0.143. The average molecular weight is 320 g/mol. The molecule has 0 aliphatic carbocycles. The molecule has 0 spiro atoms. The number of hydrogen-bond acceptors (Lipinski definition) is 3. The minimum atomic E-state index is -2.13. The molecule has 0 aliphatic heterocycles. The Bertz CT molecular complexity index is 865. The summed E-state index contributed by atoms with van der Waals surface area (Å²) >= 11 is -2.13. The van der Waals surface area contributed by atoms with E-state index in [0.29, 0.717) is 16.6 Å². The van der Waals surface area contributed by atoms with E-state index in [9.17, 15) is 8.60 Å². The number of aromatic nitrogens is 3. The first-order valence-corrected chi connectivity index (χ1v) is 7.60. The molecule has 0 saturated heterocycles. The summed E-state index contributed by atoms with van der Waals surface area (Å²) in [4.78, 5) is 0. The van der Waals surface area contributed by atoms with Gasteiger partial charge in [-0.25, -0.2) is 18.0 Å². The van der Waals surface area contributed by atoms with Crippen molar-refractivity contribution in [3.63, 3.8) is 0 Å². The van der Waals surface area contributed by atoms with Crippen molar-refractivity contribution in [3.8, 4) is 5.69 Å². The van der Waals surface area contributed by atoms with E-state index in [1.165, 1.54) is 10.7 Å². The van der Waals surface area contributed by atoms with Crippen molar-refractivity contribution < 1.29 is 13.2 Å². The molecule has 3 rings (SSSR count). The Morgan fingerprint density at radius 2 is 2.14 bits per heavy atom. The van der Waals surface area contributed by atoms with Gasteiger partial charge in [-0.2, -0.15) is 0 Å². The summed E-state index contributed by atoms with van der Waals surface area (Å²) in [6, 6.07) is 10.2. The number of benzene rings is 2. The lowest BCUT2D eigenvalue weighted by molar-refractivity contribution is 0.548. The van der Waals surface area contributed by atoms with Crippen LogP contribution in [0.1, 0.15) is 11.1 Å². The molecule has 0 saturated carbocycles. The molecule has 3 aromatic rings. The first-order valence-electron chi connectivity index (χ1n) is 6.50. The lowest BCUT2D eigenvalue weighted by atomic mass is 10.2. The third kappa shape index (κ3) is 2.89. The largest absolute Gasteiger partial charge is 0.294 e. The molecule has 1 heterocycles. The maximum atomic E-state index is 14.3. The zero-order chi connectivity index (χ0) is 15.7. The monoisotopic (exact) mass is 320 g/mol. The Balaban J connectivity index is 1.98. The minimum absolute atomic E-state index is 0.0949. The van der Waals surface area contributed by atoms with Crippen molar-refractivity contribution in [2.24, 2.45) is 0 Å². The summed E-state index contributed by atoms with van der Waals surface area (Å²) in [6.07, 6.45) is 0. The Kier molecular flexibility index (Phi) is 3.97. The van der Waals surface area contributed by atoms with Gasteiger partial charge >= 0.3 is 0 Å². The van der Waals surface area contributed by atoms with Gasteiger partial charge in [0.25, 0.3) is 0 Å². The normalized spacial score (nSPS) is 12.7. The Labute approximate surface area is 128 Å². The lowest BCUT2D eigenvalue weighted by Crippen LogP contribution is -2.15. The highest BCUT2D eigenvalue weighted by Gasteiger charge is 2.11. The Morgan fingerprint density at radius 1 is 1.32 bits per heavy atom. The second-order valence-electron chi connectivity index (χ2n) is 4.85. The van der Waals surface area contributed by atoms with Gasteiger partial charge in [0.05, 0.1) is 5.52 Å². The molecular formula is C14H13FN4O2S. The van der Waals surface area contributed by atoms with Crippen molar-refractivity contribution in [1.82, 2.24) is 19.7 Å². The van der Waals surface area contributed by atoms with E-state index in [-0.39, 0.29) is 12.2 Å². The second kappa shape index (κ2) is 5.91. The highest BCUT2D eigenvalue weighted by atomic mass is 32.2. The standard InChI is InChI=1S/C14H13FN4O2S/c1-9-2-4-14-12(6-9)17-18-19(14)13-5-3-10(7-11(13)15)8-16-22(20)21/h2-7,16H,8H2,1H3,(H,20,21). The molecule has 0 bridgehead atoms. The van der Waals surface area contributed by atoms with Gasteiger partial charge in [0.2, 0.25) is 11.3 Å². The van der Waals surface area contributed by atoms with Crippen molar-refractivity contribution in [2.45, 2.75) is 13.5 Å². The second-order valence-corrected chi connectivity index (χ2v) is 5.64. The van der Waals surface area contributed by atoms with Gasteiger partial charge in [0.1, 0.15) is 17.0 Å². The van der Waals surface area contributed by atoms with E-state index < -0.39 is 17.1 Å². The van der Waals surface area contributed by atoms with Gasteiger partial charge < -0.3 is 0 Å². The van der Waals surface area contributed by atoms with Crippen molar-refractivity contribution >= 4 is 22.3 Å². The number of aryl methyl sites for hydroxylation is 1. The number of hydrogen-bond donors (Lipinski definition) is 2. The third-order valence-electron chi connectivity index (χ3n) is 3.24. The molecule has 114 valence electrons. The number of rotatable bonds is 4. The maximum absolute atomic E-state index is 14.3. The van der Waals surface area contributed by atoms with E-state index >= 15 is 0 Å².